The lowest BCUT2D eigenvalue weighted by molar-refractivity contribution is -0.137. The first kappa shape index (κ1) is 24.9. The highest BCUT2D eigenvalue weighted by Crippen LogP contribution is 2.31. The molecule has 0 saturated carbocycles. The molecule has 3 aromatic rings. The maximum Gasteiger partial charge on any atom is 0.416 e. The molecule has 0 radical (unpaired) electrons. The zero-order valence-corrected chi connectivity index (χ0v) is 19.1. The van der Waals surface area contributed by atoms with E-state index in [0.29, 0.717) is 16.3 Å². The van der Waals surface area contributed by atoms with Crippen LogP contribution in [-0.4, -0.2) is 5.91 Å². The van der Waals surface area contributed by atoms with Gasteiger partial charge in [-0.25, -0.2) is 0 Å². The van der Waals surface area contributed by atoms with Crippen LogP contribution >= 0.6 is 11.6 Å². The normalized spacial score (nSPS) is 11.6. The summed E-state index contributed by atoms with van der Waals surface area (Å²) in [6.07, 6.45) is -3.28. The highest BCUT2D eigenvalue weighted by molar-refractivity contribution is 6.30. The first-order valence-electron chi connectivity index (χ1n) is 10.2. The summed E-state index contributed by atoms with van der Waals surface area (Å²) in [7, 11) is 0. The van der Waals surface area contributed by atoms with Crippen molar-refractivity contribution < 1.29 is 22.7 Å². The van der Waals surface area contributed by atoms with Crippen molar-refractivity contribution in [2.45, 2.75) is 26.6 Å². The summed E-state index contributed by atoms with van der Waals surface area (Å²) in [6, 6.07) is 16.6. The molecule has 0 heterocycles. The average Bonchev–Trinajstić information content (AvgIpc) is 2.78. The molecule has 0 atom stereocenters. The van der Waals surface area contributed by atoms with E-state index < -0.39 is 17.6 Å². The summed E-state index contributed by atoms with van der Waals surface area (Å²) in [5.41, 5.74) is 2.28. The second-order valence-electron chi connectivity index (χ2n) is 7.59. The van der Waals surface area contributed by atoms with Gasteiger partial charge in [0.15, 0.2) is 0 Å². The molecule has 174 valence electrons. The SMILES string of the molecule is Cc1ccc(COc2ccc(Cl)cc2/C=C(\C#N)C(=O)Nc2cccc(C(F)(F)F)c2)cc1C. The van der Waals surface area contributed by atoms with Gasteiger partial charge in [0.1, 0.15) is 24.0 Å². The fourth-order valence-corrected chi connectivity index (χ4v) is 3.27. The Balaban J connectivity index is 1.83. The Morgan fingerprint density at radius 2 is 1.85 bits per heavy atom. The minimum absolute atomic E-state index is 0.0849. The van der Waals surface area contributed by atoms with E-state index in [1.54, 1.807) is 18.2 Å². The van der Waals surface area contributed by atoms with E-state index in [0.717, 1.165) is 28.8 Å². The number of alkyl halides is 3. The molecule has 0 saturated heterocycles. The number of hydrogen-bond acceptors (Lipinski definition) is 3. The Kier molecular flexibility index (Phi) is 7.64. The molecule has 0 aromatic heterocycles. The highest BCUT2D eigenvalue weighted by Gasteiger charge is 2.30. The predicted molar refractivity (Wildman–Crippen MR) is 125 cm³/mol. The molecule has 1 N–H and O–H groups in total. The number of halogens is 4. The number of rotatable bonds is 6. The van der Waals surface area contributed by atoms with Crippen LogP contribution in [0.25, 0.3) is 6.08 Å². The van der Waals surface area contributed by atoms with Crippen LogP contribution in [0, 0.1) is 25.2 Å². The van der Waals surface area contributed by atoms with Gasteiger partial charge in [-0.1, -0.05) is 35.9 Å². The quantitative estimate of drug-likeness (QED) is 0.300. The molecule has 0 aliphatic rings. The van der Waals surface area contributed by atoms with Crippen LogP contribution in [0.1, 0.15) is 27.8 Å². The molecular weight excluding hydrogens is 465 g/mol. The monoisotopic (exact) mass is 484 g/mol. The van der Waals surface area contributed by atoms with Gasteiger partial charge in [-0.3, -0.25) is 4.79 Å². The second kappa shape index (κ2) is 10.4. The zero-order valence-electron chi connectivity index (χ0n) is 18.3. The molecule has 34 heavy (non-hydrogen) atoms. The number of amides is 1. The minimum Gasteiger partial charge on any atom is -0.488 e. The number of aryl methyl sites for hydroxylation is 2. The number of carbonyl (C=O) groups excluding carboxylic acids is 1. The summed E-state index contributed by atoms with van der Waals surface area (Å²) < 4.78 is 44.7. The van der Waals surface area contributed by atoms with Crippen LogP contribution in [0.4, 0.5) is 18.9 Å². The molecule has 0 unspecified atom stereocenters. The first-order chi connectivity index (χ1) is 16.1. The lowest BCUT2D eigenvalue weighted by Gasteiger charge is -2.12. The maximum atomic E-state index is 12.9. The number of nitrogens with one attached hydrogen (secondary N) is 1. The number of anilines is 1. The van der Waals surface area contributed by atoms with Crippen LogP contribution in [0.3, 0.4) is 0 Å². The van der Waals surface area contributed by atoms with Crippen molar-refractivity contribution in [3.63, 3.8) is 0 Å². The number of nitrogens with zero attached hydrogens (tertiary/aromatic N) is 1. The smallest absolute Gasteiger partial charge is 0.416 e. The Labute approximate surface area is 200 Å². The van der Waals surface area contributed by atoms with E-state index in [4.69, 9.17) is 16.3 Å². The van der Waals surface area contributed by atoms with Gasteiger partial charge in [-0.05, 0) is 73.0 Å². The standard InChI is InChI=1S/C26H20ClF3N2O2/c1-16-6-7-18(10-17(16)2)15-34-24-9-8-22(27)12-19(24)11-20(14-31)25(33)32-23-5-3-4-21(13-23)26(28,29)30/h3-13H,15H2,1-2H3,(H,32,33)/b20-11+. The molecule has 0 aliphatic carbocycles. The zero-order chi connectivity index (χ0) is 24.9. The van der Waals surface area contributed by atoms with E-state index in [1.165, 1.54) is 24.3 Å². The van der Waals surface area contributed by atoms with Crippen molar-refractivity contribution in [3.05, 3.63) is 99.1 Å². The van der Waals surface area contributed by atoms with Gasteiger partial charge in [0.2, 0.25) is 0 Å². The predicted octanol–water partition coefficient (Wildman–Crippen LogP) is 7.10. The lowest BCUT2D eigenvalue weighted by atomic mass is 10.1. The van der Waals surface area contributed by atoms with Crippen LogP contribution in [-0.2, 0) is 17.6 Å². The molecular formula is C26H20ClF3N2O2. The molecule has 0 aliphatic heterocycles. The van der Waals surface area contributed by atoms with Gasteiger partial charge in [0.25, 0.3) is 5.91 Å². The maximum absolute atomic E-state index is 12.9. The Morgan fingerprint density at radius 3 is 2.53 bits per heavy atom. The van der Waals surface area contributed by atoms with Gasteiger partial charge >= 0.3 is 6.18 Å². The van der Waals surface area contributed by atoms with Gasteiger partial charge in [-0.15, -0.1) is 0 Å². The summed E-state index contributed by atoms with van der Waals surface area (Å²) >= 11 is 6.09. The van der Waals surface area contributed by atoms with Crippen LogP contribution in [0.5, 0.6) is 5.75 Å². The van der Waals surface area contributed by atoms with Gasteiger partial charge in [0, 0.05) is 16.3 Å². The molecule has 0 fully saturated rings. The second-order valence-corrected chi connectivity index (χ2v) is 8.03. The topological polar surface area (TPSA) is 62.1 Å². The molecule has 3 aromatic carbocycles. The molecule has 3 rings (SSSR count). The third-order valence-corrected chi connectivity index (χ3v) is 5.29. The fraction of sp³-hybridized carbons (Fsp3) is 0.154. The molecule has 1 amide bonds. The first-order valence-corrected chi connectivity index (χ1v) is 10.5. The fourth-order valence-electron chi connectivity index (χ4n) is 3.09. The molecule has 8 heteroatoms. The Hall–Kier alpha value is -3.76. The Morgan fingerprint density at radius 1 is 1.09 bits per heavy atom. The molecule has 0 spiro atoms. The number of ether oxygens (including phenoxy) is 1. The van der Waals surface area contributed by atoms with E-state index in [9.17, 15) is 23.2 Å². The summed E-state index contributed by atoms with van der Waals surface area (Å²) in [6.45, 7) is 4.26. The number of carbonyl (C=O) groups is 1. The molecule has 0 bridgehead atoms. The summed E-state index contributed by atoms with van der Waals surface area (Å²) in [5, 5.41) is 12.2. The van der Waals surface area contributed by atoms with Crippen molar-refractivity contribution in [2.24, 2.45) is 0 Å². The Bertz CT molecular complexity index is 1290. The highest BCUT2D eigenvalue weighted by atomic mass is 35.5. The minimum atomic E-state index is -4.56. The van der Waals surface area contributed by atoms with Crippen molar-refractivity contribution >= 4 is 29.3 Å². The number of nitriles is 1. The van der Waals surface area contributed by atoms with Gasteiger partial charge < -0.3 is 10.1 Å². The van der Waals surface area contributed by atoms with E-state index in [-0.39, 0.29) is 17.9 Å². The third kappa shape index (κ3) is 6.40. The van der Waals surface area contributed by atoms with E-state index >= 15 is 0 Å². The largest absolute Gasteiger partial charge is 0.488 e. The van der Waals surface area contributed by atoms with Crippen molar-refractivity contribution in [3.8, 4) is 11.8 Å². The van der Waals surface area contributed by atoms with Crippen LogP contribution in [0.2, 0.25) is 5.02 Å². The average molecular weight is 485 g/mol. The van der Waals surface area contributed by atoms with Crippen molar-refractivity contribution in [2.75, 3.05) is 5.32 Å². The molecule has 4 nitrogen and oxygen atoms in total. The van der Waals surface area contributed by atoms with Crippen molar-refractivity contribution in [1.29, 1.82) is 5.26 Å². The van der Waals surface area contributed by atoms with E-state index in [1.807, 2.05) is 32.0 Å². The van der Waals surface area contributed by atoms with E-state index in [2.05, 4.69) is 5.32 Å². The van der Waals surface area contributed by atoms with Crippen LogP contribution < -0.4 is 10.1 Å². The summed E-state index contributed by atoms with van der Waals surface area (Å²) in [5.74, 6) is -0.468. The lowest BCUT2D eigenvalue weighted by Crippen LogP contribution is -2.14. The number of benzene rings is 3. The summed E-state index contributed by atoms with van der Waals surface area (Å²) in [4.78, 5) is 12.6. The van der Waals surface area contributed by atoms with Crippen LogP contribution in [0.15, 0.2) is 66.2 Å². The number of hydrogen-bond donors (Lipinski definition) is 1. The third-order valence-electron chi connectivity index (χ3n) is 5.05. The van der Waals surface area contributed by atoms with Gasteiger partial charge in [0.05, 0.1) is 5.56 Å². The van der Waals surface area contributed by atoms with Crippen molar-refractivity contribution in [1.82, 2.24) is 0 Å². The van der Waals surface area contributed by atoms with Gasteiger partial charge in [-0.2, -0.15) is 18.4 Å².